The number of hydrogen-bond donors (Lipinski definition) is 1. The summed E-state index contributed by atoms with van der Waals surface area (Å²) in [7, 11) is -0.666. The van der Waals surface area contributed by atoms with Crippen molar-refractivity contribution in [3.05, 3.63) is 0 Å². The highest BCUT2D eigenvalue weighted by Gasteiger charge is 2.26. The zero-order valence-electron chi connectivity index (χ0n) is 10.3. The van der Waals surface area contributed by atoms with Gasteiger partial charge in [0.2, 0.25) is 0 Å². The van der Waals surface area contributed by atoms with Gasteiger partial charge in [0, 0.05) is 54.5 Å². The summed E-state index contributed by atoms with van der Waals surface area (Å²) in [5, 5.41) is 3.57. The van der Waals surface area contributed by atoms with Gasteiger partial charge in [0.05, 0.1) is 0 Å². The van der Waals surface area contributed by atoms with E-state index in [0.29, 0.717) is 18.0 Å². The maximum atomic E-state index is 11.1. The minimum atomic E-state index is -0.666. The molecular weight excluding hydrogens is 208 g/mol. The predicted molar refractivity (Wildman–Crippen MR) is 66.6 cm³/mol. The Balaban J connectivity index is 2.42. The molecule has 15 heavy (non-hydrogen) atoms. The van der Waals surface area contributed by atoms with E-state index in [1.807, 2.05) is 0 Å². The Kier molecular flexibility index (Phi) is 5.23. The smallest absolute Gasteiger partial charge is 0.0359 e. The minimum Gasteiger partial charge on any atom is -0.311 e. The van der Waals surface area contributed by atoms with Crippen LogP contribution in [0, 0.1) is 5.92 Å². The molecule has 0 aromatic carbocycles. The van der Waals surface area contributed by atoms with E-state index in [1.54, 1.807) is 6.26 Å². The predicted octanol–water partition coefficient (Wildman–Crippen LogP) is 0.683. The Labute approximate surface area is 96.1 Å². The lowest BCUT2D eigenvalue weighted by atomic mass is 10.00. The SMILES string of the molecule is CC(C)C1CN(CCS(C)=O)C(C)CN1. The normalized spacial score (nSPS) is 30.7. The molecule has 0 spiro atoms. The molecule has 1 saturated heterocycles. The minimum absolute atomic E-state index is 0.573. The summed E-state index contributed by atoms with van der Waals surface area (Å²) in [6, 6.07) is 1.16. The third-order valence-corrected chi connectivity index (χ3v) is 3.96. The molecule has 1 aliphatic heterocycles. The van der Waals surface area contributed by atoms with Gasteiger partial charge in [-0.05, 0) is 12.8 Å². The highest BCUT2D eigenvalue weighted by molar-refractivity contribution is 7.84. The highest BCUT2D eigenvalue weighted by atomic mass is 32.2. The molecule has 3 unspecified atom stereocenters. The second kappa shape index (κ2) is 5.97. The van der Waals surface area contributed by atoms with Crippen molar-refractivity contribution in [1.29, 1.82) is 0 Å². The topological polar surface area (TPSA) is 32.3 Å². The first-order valence-electron chi connectivity index (χ1n) is 5.78. The van der Waals surface area contributed by atoms with Crippen LogP contribution in [0.2, 0.25) is 0 Å². The molecule has 1 aliphatic rings. The first-order chi connectivity index (χ1) is 7.00. The Morgan fingerprint density at radius 3 is 2.73 bits per heavy atom. The van der Waals surface area contributed by atoms with Gasteiger partial charge in [-0.1, -0.05) is 13.8 Å². The molecule has 0 saturated carbocycles. The number of nitrogens with one attached hydrogen (secondary N) is 1. The molecule has 3 atom stereocenters. The highest BCUT2D eigenvalue weighted by Crippen LogP contribution is 2.12. The van der Waals surface area contributed by atoms with Crippen molar-refractivity contribution in [3.63, 3.8) is 0 Å². The summed E-state index contributed by atoms with van der Waals surface area (Å²) in [5.74, 6) is 1.47. The average Bonchev–Trinajstić information content (AvgIpc) is 2.16. The van der Waals surface area contributed by atoms with E-state index in [-0.39, 0.29) is 0 Å². The van der Waals surface area contributed by atoms with Gasteiger partial charge >= 0.3 is 0 Å². The molecule has 3 nitrogen and oxygen atoms in total. The van der Waals surface area contributed by atoms with Gasteiger partial charge in [0.25, 0.3) is 0 Å². The first-order valence-corrected chi connectivity index (χ1v) is 7.51. The molecule has 0 aliphatic carbocycles. The summed E-state index contributed by atoms with van der Waals surface area (Å²) in [6.45, 7) is 9.86. The van der Waals surface area contributed by atoms with Crippen LogP contribution in [0.3, 0.4) is 0 Å². The largest absolute Gasteiger partial charge is 0.311 e. The third kappa shape index (κ3) is 4.21. The van der Waals surface area contributed by atoms with Crippen LogP contribution in [0.25, 0.3) is 0 Å². The molecule has 1 N–H and O–H groups in total. The van der Waals surface area contributed by atoms with Crippen LogP contribution >= 0.6 is 0 Å². The van der Waals surface area contributed by atoms with Crippen molar-refractivity contribution in [2.75, 3.05) is 31.6 Å². The lowest BCUT2D eigenvalue weighted by Gasteiger charge is -2.40. The fourth-order valence-electron chi connectivity index (χ4n) is 1.95. The van der Waals surface area contributed by atoms with E-state index in [1.165, 1.54) is 0 Å². The van der Waals surface area contributed by atoms with Crippen molar-refractivity contribution >= 4 is 10.8 Å². The van der Waals surface area contributed by atoms with Crippen molar-refractivity contribution in [1.82, 2.24) is 10.2 Å². The maximum absolute atomic E-state index is 11.1. The van der Waals surface area contributed by atoms with Crippen molar-refractivity contribution < 1.29 is 4.21 Å². The van der Waals surface area contributed by atoms with E-state index in [2.05, 4.69) is 31.0 Å². The quantitative estimate of drug-likeness (QED) is 0.774. The van der Waals surface area contributed by atoms with Crippen LogP contribution in [0.1, 0.15) is 20.8 Å². The molecule has 1 heterocycles. The summed E-state index contributed by atoms with van der Waals surface area (Å²) in [6.07, 6.45) is 1.78. The van der Waals surface area contributed by atoms with E-state index in [0.717, 1.165) is 25.4 Å². The summed E-state index contributed by atoms with van der Waals surface area (Å²) >= 11 is 0. The van der Waals surface area contributed by atoms with Crippen LogP contribution in [-0.4, -0.2) is 52.8 Å². The third-order valence-electron chi connectivity index (χ3n) is 3.20. The zero-order valence-corrected chi connectivity index (χ0v) is 11.1. The standard InChI is InChI=1S/C11H24N2OS/c1-9(2)11-8-13(5-6-15(4)14)10(3)7-12-11/h9-12H,5-8H2,1-4H3. The Hall–Kier alpha value is 0.0700. The Morgan fingerprint density at radius 2 is 2.20 bits per heavy atom. The monoisotopic (exact) mass is 232 g/mol. The van der Waals surface area contributed by atoms with E-state index < -0.39 is 10.8 Å². The zero-order chi connectivity index (χ0) is 11.4. The number of piperazine rings is 1. The van der Waals surface area contributed by atoms with Crippen LogP contribution in [0.4, 0.5) is 0 Å². The van der Waals surface area contributed by atoms with E-state index >= 15 is 0 Å². The number of nitrogens with zero attached hydrogens (tertiary/aromatic N) is 1. The fraction of sp³-hybridized carbons (Fsp3) is 1.00. The van der Waals surface area contributed by atoms with Gasteiger partial charge in [-0.15, -0.1) is 0 Å². The van der Waals surface area contributed by atoms with Gasteiger partial charge in [-0.3, -0.25) is 9.11 Å². The molecule has 0 amide bonds. The second-order valence-corrected chi connectivity index (χ2v) is 6.43. The van der Waals surface area contributed by atoms with Crippen molar-refractivity contribution in [3.8, 4) is 0 Å². The molecule has 1 rings (SSSR count). The van der Waals surface area contributed by atoms with Gasteiger partial charge in [-0.25, -0.2) is 0 Å². The van der Waals surface area contributed by atoms with Crippen LogP contribution in [-0.2, 0) is 10.8 Å². The summed E-state index contributed by atoms with van der Waals surface area (Å²) in [5.41, 5.74) is 0. The molecule has 1 fully saturated rings. The fourth-order valence-corrected chi connectivity index (χ4v) is 2.44. The lowest BCUT2D eigenvalue weighted by molar-refractivity contribution is 0.131. The Morgan fingerprint density at radius 1 is 1.53 bits per heavy atom. The molecule has 0 bridgehead atoms. The first kappa shape index (κ1) is 13.1. The van der Waals surface area contributed by atoms with Crippen molar-refractivity contribution in [2.45, 2.75) is 32.9 Å². The van der Waals surface area contributed by atoms with Gasteiger partial charge in [-0.2, -0.15) is 0 Å². The van der Waals surface area contributed by atoms with E-state index in [9.17, 15) is 4.21 Å². The van der Waals surface area contributed by atoms with Crippen molar-refractivity contribution in [2.24, 2.45) is 5.92 Å². The van der Waals surface area contributed by atoms with Gasteiger partial charge < -0.3 is 5.32 Å². The molecule has 0 radical (unpaired) electrons. The lowest BCUT2D eigenvalue weighted by Crippen LogP contribution is -2.57. The second-order valence-electron chi connectivity index (χ2n) is 4.88. The molecule has 4 heteroatoms. The molecule has 0 aromatic rings. The van der Waals surface area contributed by atoms with Gasteiger partial charge in [0.15, 0.2) is 0 Å². The van der Waals surface area contributed by atoms with Crippen LogP contribution in [0.5, 0.6) is 0 Å². The molecule has 90 valence electrons. The number of rotatable bonds is 4. The van der Waals surface area contributed by atoms with Crippen LogP contribution < -0.4 is 5.32 Å². The summed E-state index contributed by atoms with van der Waals surface area (Å²) < 4.78 is 11.1. The molecular formula is C11H24N2OS. The maximum Gasteiger partial charge on any atom is 0.0359 e. The van der Waals surface area contributed by atoms with Gasteiger partial charge in [0.1, 0.15) is 0 Å². The average molecular weight is 232 g/mol. The summed E-state index contributed by atoms with van der Waals surface area (Å²) in [4.78, 5) is 2.46. The number of hydrogen-bond acceptors (Lipinski definition) is 3. The molecule has 0 aromatic heterocycles. The Bertz CT molecular complexity index is 221. The van der Waals surface area contributed by atoms with E-state index in [4.69, 9.17) is 0 Å². The van der Waals surface area contributed by atoms with Crippen LogP contribution in [0.15, 0.2) is 0 Å².